The fourth-order valence-corrected chi connectivity index (χ4v) is 1.91. The summed E-state index contributed by atoms with van der Waals surface area (Å²) in [6.45, 7) is 0.548. The second-order valence-electron chi connectivity index (χ2n) is 3.25. The summed E-state index contributed by atoms with van der Waals surface area (Å²) in [7, 11) is 1.56. The van der Waals surface area contributed by atoms with Gasteiger partial charge in [0.25, 0.3) is 0 Å². The van der Waals surface area contributed by atoms with E-state index in [1.807, 2.05) is 5.43 Å². The van der Waals surface area contributed by atoms with Gasteiger partial charge in [-0.3, -0.25) is 5.43 Å². The maximum absolute atomic E-state index is 12.5. The summed E-state index contributed by atoms with van der Waals surface area (Å²) >= 11 is 1.19. The largest absolute Gasteiger partial charge is 0.433 e. The van der Waals surface area contributed by atoms with Crippen LogP contribution in [0.3, 0.4) is 0 Å². The Labute approximate surface area is 106 Å². The van der Waals surface area contributed by atoms with Crippen LogP contribution < -0.4 is 11.3 Å². The number of nitrogen functional groups attached to an aromatic ring is 1. The van der Waals surface area contributed by atoms with Gasteiger partial charge in [0, 0.05) is 25.5 Å². The number of hydrogen-bond acceptors (Lipinski definition) is 6. The molecule has 5 nitrogen and oxygen atoms in total. The molecule has 9 heteroatoms. The smallest absolute Gasteiger partial charge is 0.385 e. The highest BCUT2D eigenvalue weighted by molar-refractivity contribution is 7.99. The van der Waals surface area contributed by atoms with Crippen molar-refractivity contribution in [1.29, 1.82) is 0 Å². The van der Waals surface area contributed by atoms with Crippen molar-refractivity contribution in [3.63, 3.8) is 0 Å². The molecule has 0 radical (unpaired) electrons. The van der Waals surface area contributed by atoms with Crippen molar-refractivity contribution in [3.05, 3.63) is 11.8 Å². The van der Waals surface area contributed by atoms with E-state index in [-0.39, 0.29) is 11.0 Å². The number of nitrogens with two attached hydrogens (primary N) is 1. The second kappa shape index (κ2) is 6.76. The first kappa shape index (κ1) is 15.0. The molecule has 0 bridgehead atoms. The van der Waals surface area contributed by atoms with Crippen molar-refractivity contribution in [2.24, 2.45) is 5.84 Å². The Morgan fingerprint density at radius 1 is 1.44 bits per heavy atom. The first-order valence-electron chi connectivity index (χ1n) is 5.02. The number of rotatable bonds is 6. The van der Waals surface area contributed by atoms with Crippen LogP contribution >= 0.6 is 11.8 Å². The average Bonchev–Trinajstić information content (AvgIpc) is 2.33. The Morgan fingerprint density at radius 3 is 2.72 bits per heavy atom. The van der Waals surface area contributed by atoms with E-state index < -0.39 is 11.9 Å². The van der Waals surface area contributed by atoms with Crippen LogP contribution in [0.5, 0.6) is 0 Å². The number of hydrazine groups is 1. The van der Waals surface area contributed by atoms with Gasteiger partial charge in [-0.25, -0.2) is 15.8 Å². The molecule has 1 rings (SSSR count). The van der Waals surface area contributed by atoms with Crippen LogP contribution in [0.15, 0.2) is 11.1 Å². The predicted octanol–water partition coefficient (Wildman–Crippen LogP) is 1.91. The average molecular weight is 282 g/mol. The lowest BCUT2D eigenvalue weighted by Gasteiger charge is -2.09. The molecule has 1 aromatic heterocycles. The van der Waals surface area contributed by atoms with Gasteiger partial charge in [0.05, 0.1) is 0 Å². The zero-order valence-electron chi connectivity index (χ0n) is 9.62. The topological polar surface area (TPSA) is 73.1 Å². The van der Waals surface area contributed by atoms with Crippen LogP contribution in [-0.2, 0) is 10.9 Å². The Balaban J connectivity index is 2.78. The van der Waals surface area contributed by atoms with Gasteiger partial charge in [-0.2, -0.15) is 13.2 Å². The van der Waals surface area contributed by atoms with Crippen molar-refractivity contribution in [2.75, 3.05) is 24.9 Å². The fourth-order valence-electron chi connectivity index (χ4n) is 1.09. The molecule has 0 aliphatic heterocycles. The van der Waals surface area contributed by atoms with Gasteiger partial charge >= 0.3 is 6.18 Å². The lowest BCUT2D eigenvalue weighted by molar-refractivity contribution is -0.141. The number of hydrogen-bond donors (Lipinski definition) is 2. The van der Waals surface area contributed by atoms with E-state index in [1.54, 1.807) is 7.11 Å². The van der Waals surface area contributed by atoms with Crippen molar-refractivity contribution in [2.45, 2.75) is 17.6 Å². The van der Waals surface area contributed by atoms with Crippen LogP contribution in [0.1, 0.15) is 12.1 Å². The Morgan fingerprint density at radius 2 is 2.17 bits per heavy atom. The predicted molar refractivity (Wildman–Crippen MR) is 62.1 cm³/mol. The molecule has 0 atom stereocenters. The number of anilines is 1. The minimum absolute atomic E-state index is 0.223. The third kappa shape index (κ3) is 4.67. The highest BCUT2D eigenvalue weighted by Gasteiger charge is 2.33. The molecule has 0 fully saturated rings. The first-order chi connectivity index (χ1) is 8.47. The van der Waals surface area contributed by atoms with E-state index in [0.717, 1.165) is 12.5 Å². The van der Waals surface area contributed by atoms with Crippen molar-refractivity contribution < 1.29 is 17.9 Å². The molecule has 0 aliphatic carbocycles. The van der Waals surface area contributed by atoms with Crippen molar-refractivity contribution in [3.8, 4) is 0 Å². The van der Waals surface area contributed by atoms with E-state index in [9.17, 15) is 13.2 Å². The van der Waals surface area contributed by atoms with Crippen LogP contribution in [0, 0.1) is 0 Å². The number of alkyl halides is 3. The van der Waals surface area contributed by atoms with Crippen molar-refractivity contribution in [1.82, 2.24) is 9.97 Å². The van der Waals surface area contributed by atoms with Gasteiger partial charge in [0.2, 0.25) is 5.95 Å². The Hall–Kier alpha value is -1.06. The van der Waals surface area contributed by atoms with Gasteiger partial charge in [-0.05, 0) is 6.42 Å². The summed E-state index contributed by atoms with van der Waals surface area (Å²) in [6.07, 6.45) is -3.80. The van der Waals surface area contributed by atoms with Gasteiger partial charge in [-0.1, -0.05) is 0 Å². The zero-order chi connectivity index (χ0) is 13.6. The minimum atomic E-state index is -4.52. The van der Waals surface area contributed by atoms with Crippen LogP contribution in [-0.4, -0.2) is 29.4 Å². The van der Waals surface area contributed by atoms with Crippen molar-refractivity contribution >= 4 is 17.7 Å². The van der Waals surface area contributed by atoms with Crippen LogP contribution in [0.25, 0.3) is 0 Å². The standard InChI is InChI=1S/C9H13F3N4OS/c1-17-3-2-4-18-7-5-6(9(10,11)12)14-8(15-7)16-13/h5H,2-4,13H2,1H3,(H,14,15,16). The molecule has 0 amide bonds. The molecule has 18 heavy (non-hydrogen) atoms. The zero-order valence-corrected chi connectivity index (χ0v) is 10.4. The highest BCUT2D eigenvalue weighted by Crippen LogP contribution is 2.30. The molecule has 0 aromatic carbocycles. The summed E-state index contributed by atoms with van der Waals surface area (Å²) in [5.74, 6) is 5.39. The van der Waals surface area contributed by atoms with Gasteiger partial charge in [0.1, 0.15) is 5.03 Å². The highest BCUT2D eigenvalue weighted by atomic mass is 32.2. The molecule has 0 aliphatic rings. The Bertz CT molecular complexity index is 389. The maximum Gasteiger partial charge on any atom is 0.433 e. The number of aromatic nitrogens is 2. The monoisotopic (exact) mass is 282 g/mol. The minimum Gasteiger partial charge on any atom is -0.385 e. The molecule has 0 unspecified atom stereocenters. The van der Waals surface area contributed by atoms with Gasteiger partial charge in [0.15, 0.2) is 5.69 Å². The van der Waals surface area contributed by atoms with Crippen LogP contribution in [0.2, 0.25) is 0 Å². The van der Waals surface area contributed by atoms with Gasteiger partial charge in [-0.15, -0.1) is 11.8 Å². The van der Waals surface area contributed by atoms with E-state index in [0.29, 0.717) is 12.4 Å². The van der Waals surface area contributed by atoms with Gasteiger partial charge < -0.3 is 4.74 Å². The quantitative estimate of drug-likeness (QED) is 0.273. The van der Waals surface area contributed by atoms with E-state index in [1.165, 1.54) is 11.8 Å². The van der Waals surface area contributed by atoms with E-state index in [2.05, 4.69) is 9.97 Å². The molecule has 0 saturated heterocycles. The lowest BCUT2D eigenvalue weighted by atomic mass is 10.4. The maximum atomic E-state index is 12.5. The SMILES string of the molecule is COCCCSc1cc(C(F)(F)F)nc(NN)n1. The Kier molecular flexibility index (Phi) is 5.63. The number of methoxy groups -OCH3 is 1. The number of halogens is 3. The number of nitrogens with one attached hydrogen (secondary N) is 1. The molecular formula is C9H13F3N4OS. The summed E-state index contributed by atoms with van der Waals surface area (Å²) in [4.78, 5) is 7.10. The normalized spacial score (nSPS) is 11.6. The lowest BCUT2D eigenvalue weighted by Crippen LogP contribution is -2.15. The molecule has 1 aromatic rings. The molecule has 1 heterocycles. The van der Waals surface area contributed by atoms with E-state index in [4.69, 9.17) is 10.6 Å². The number of nitrogens with zero attached hydrogens (tertiary/aromatic N) is 2. The number of ether oxygens (including phenoxy) is 1. The molecule has 3 N–H and O–H groups in total. The molecule has 102 valence electrons. The fraction of sp³-hybridized carbons (Fsp3) is 0.556. The molecule has 0 spiro atoms. The first-order valence-corrected chi connectivity index (χ1v) is 6.00. The second-order valence-corrected chi connectivity index (χ2v) is 4.37. The summed E-state index contributed by atoms with van der Waals surface area (Å²) in [6, 6.07) is 0.901. The molecule has 0 saturated carbocycles. The van der Waals surface area contributed by atoms with Crippen LogP contribution in [0.4, 0.5) is 19.1 Å². The summed E-state index contributed by atoms with van der Waals surface area (Å²) < 4.78 is 42.5. The summed E-state index contributed by atoms with van der Waals surface area (Å²) in [5.41, 5.74) is 1.01. The number of thioether (sulfide) groups is 1. The summed E-state index contributed by atoms with van der Waals surface area (Å²) in [5, 5.41) is 0.223. The molecular weight excluding hydrogens is 269 g/mol. The third-order valence-corrected chi connectivity index (χ3v) is 2.86. The third-order valence-electron chi connectivity index (χ3n) is 1.86. The van der Waals surface area contributed by atoms with E-state index >= 15 is 0 Å².